The summed E-state index contributed by atoms with van der Waals surface area (Å²) in [6, 6.07) is 5.56. The van der Waals surface area contributed by atoms with Crippen LogP contribution in [0.4, 0.5) is 12.9 Å². The van der Waals surface area contributed by atoms with Gasteiger partial charge in [0, 0.05) is 0 Å². The third-order valence-corrected chi connectivity index (χ3v) is 1.87. The van der Waals surface area contributed by atoms with Crippen molar-refractivity contribution >= 4 is 12.9 Å². The Morgan fingerprint density at radius 3 is 2.38 bits per heavy atom. The van der Waals surface area contributed by atoms with Gasteiger partial charge in [-0.25, -0.2) is 4.79 Å². The van der Waals surface area contributed by atoms with Crippen molar-refractivity contribution in [3.63, 3.8) is 0 Å². The Morgan fingerprint density at radius 2 is 1.88 bits per heavy atom. The predicted molar refractivity (Wildman–Crippen MR) is 50.6 cm³/mol. The Kier molecular flexibility index (Phi) is 6.88. The van der Waals surface area contributed by atoms with Gasteiger partial charge in [-0.1, -0.05) is 30.1 Å². The van der Waals surface area contributed by atoms with Crippen LogP contribution in [0.5, 0.6) is 0 Å². The van der Waals surface area contributed by atoms with Crippen molar-refractivity contribution in [1.82, 2.24) is 0 Å². The summed E-state index contributed by atoms with van der Waals surface area (Å²) >= 11 is 0. The number of ether oxygens (including phenoxy) is 1. The molecule has 0 aliphatic heterocycles. The quantitative estimate of drug-likeness (QED) is 0.533. The molecule has 1 aromatic rings. The van der Waals surface area contributed by atoms with Crippen molar-refractivity contribution in [3.05, 3.63) is 35.4 Å². The number of carbonyl (C=O) groups is 1. The van der Waals surface area contributed by atoms with Gasteiger partial charge in [0.15, 0.2) is 0 Å². The monoisotopic (exact) mass is 256 g/mol. The smallest absolute Gasteiger partial charge is 0.465 e. The number of hydrogen-bond acceptors (Lipinski definition) is 2. The predicted octanol–water partition coefficient (Wildman–Crippen LogP) is -0.594. The summed E-state index contributed by atoms with van der Waals surface area (Å²) < 4.78 is 41.0. The molecule has 0 aliphatic rings. The molecule has 1 aromatic carbocycles. The van der Waals surface area contributed by atoms with E-state index in [0.29, 0.717) is 0 Å². The van der Waals surface area contributed by atoms with Crippen LogP contribution in [0.1, 0.15) is 15.9 Å². The largest absolute Gasteiger partial charge is 1.00 e. The SMILES string of the molecule is COC(=O)c1ccccc1C[B-](F)(F)F.[K+]. The standard InChI is InChI=1S/C9H9BF3O2.K/c1-15-9(14)8-5-3-2-4-7(8)6-10(11,12)13;/h2-5H,6H2,1H3;/q-1;+1. The van der Waals surface area contributed by atoms with E-state index < -0.39 is 19.3 Å². The molecule has 1 rings (SSSR count). The molecule has 0 aromatic heterocycles. The summed E-state index contributed by atoms with van der Waals surface area (Å²) in [7, 11) is 1.14. The van der Waals surface area contributed by atoms with E-state index in [1.54, 1.807) is 0 Å². The Bertz CT molecular complexity index is 368. The zero-order valence-electron chi connectivity index (χ0n) is 9.04. The number of carbonyl (C=O) groups excluding carboxylic acids is 1. The summed E-state index contributed by atoms with van der Waals surface area (Å²) in [6.45, 7) is -4.94. The second-order valence-corrected chi connectivity index (χ2v) is 3.06. The van der Waals surface area contributed by atoms with Gasteiger partial charge in [0.2, 0.25) is 0 Å². The third-order valence-electron chi connectivity index (χ3n) is 1.87. The Balaban J connectivity index is 0.00000225. The zero-order valence-corrected chi connectivity index (χ0v) is 12.2. The van der Waals surface area contributed by atoms with E-state index in [4.69, 9.17) is 0 Å². The number of esters is 1. The summed E-state index contributed by atoms with van der Waals surface area (Å²) in [4.78, 5) is 11.1. The van der Waals surface area contributed by atoms with Crippen molar-refractivity contribution in [3.8, 4) is 0 Å². The fourth-order valence-corrected chi connectivity index (χ4v) is 1.26. The number of hydrogen-bond donors (Lipinski definition) is 0. The Hall–Kier alpha value is 0.181. The van der Waals surface area contributed by atoms with Gasteiger partial charge in [0.05, 0.1) is 12.7 Å². The second kappa shape index (κ2) is 6.81. The van der Waals surface area contributed by atoms with Crippen LogP contribution in [0.15, 0.2) is 24.3 Å². The molecule has 16 heavy (non-hydrogen) atoms. The van der Waals surface area contributed by atoms with Gasteiger partial charge in [-0.05, 0) is 6.07 Å². The molecule has 2 nitrogen and oxygen atoms in total. The molecule has 0 fully saturated rings. The van der Waals surface area contributed by atoms with Crippen LogP contribution in [0, 0.1) is 0 Å². The maximum Gasteiger partial charge on any atom is 1.00 e. The van der Waals surface area contributed by atoms with Gasteiger partial charge in [-0.2, -0.15) is 0 Å². The molecule has 0 aliphatic carbocycles. The first-order chi connectivity index (χ1) is 6.94. The van der Waals surface area contributed by atoms with E-state index in [0.717, 1.165) is 7.11 Å². The van der Waals surface area contributed by atoms with E-state index in [9.17, 15) is 17.7 Å². The van der Waals surface area contributed by atoms with Crippen LogP contribution in [-0.4, -0.2) is 20.1 Å². The normalized spacial score (nSPS) is 10.5. The van der Waals surface area contributed by atoms with Gasteiger partial charge >= 0.3 is 64.3 Å². The third kappa shape index (κ3) is 5.01. The van der Waals surface area contributed by atoms with Crippen molar-refractivity contribution in [2.45, 2.75) is 6.32 Å². The summed E-state index contributed by atoms with van der Waals surface area (Å²) in [5, 5.41) is 0. The Labute approximate surface area is 134 Å². The molecule has 0 unspecified atom stereocenters. The molecular formula is C9H9BF3KO2. The maximum atomic E-state index is 12.2. The van der Waals surface area contributed by atoms with Gasteiger partial charge in [-0.3, -0.25) is 0 Å². The van der Waals surface area contributed by atoms with Gasteiger partial charge < -0.3 is 17.7 Å². The summed E-state index contributed by atoms with van der Waals surface area (Å²) in [5.74, 6) is -0.745. The minimum atomic E-state index is -4.94. The number of methoxy groups -OCH3 is 1. The number of halogens is 3. The molecule has 0 radical (unpaired) electrons. The summed E-state index contributed by atoms with van der Waals surface area (Å²) in [5.41, 5.74) is -0.0731. The average molecular weight is 256 g/mol. The van der Waals surface area contributed by atoms with Gasteiger partial charge in [0.25, 0.3) is 0 Å². The van der Waals surface area contributed by atoms with Gasteiger partial charge in [-0.15, -0.1) is 0 Å². The minimum Gasteiger partial charge on any atom is -0.465 e. The van der Waals surface area contributed by atoms with Crippen molar-refractivity contribution in [2.24, 2.45) is 0 Å². The molecule has 0 bridgehead atoms. The van der Waals surface area contributed by atoms with Crippen LogP contribution >= 0.6 is 0 Å². The van der Waals surface area contributed by atoms with E-state index in [1.165, 1.54) is 24.3 Å². The molecule has 7 heteroatoms. The first-order valence-corrected chi connectivity index (χ1v) is 4.31. The van der Waals surface area contributed by atoms with Crippen LogP contribution in [0.3, 0.4) is 0 Å². The molecule has 0 atom stereocenters. The van der Waals surface area contributed by atoms with E-state index in [2.05, 4.69) is 4.74 Å². The summed E-state index contributed by atoms with van der Waals surface area (Å²) in [6.07, 6.45) is -1.06. The van der Waals surface area contributed by atoms with E-state index in [-0.39, 0.29) is 62.5 Å². The molecule has 0 saturated carbocycles. The second-order valence-electron chi connectivity index (χ2n) is 3.06. The molecule has 0 amide bonds. The van der Waals surface area contributed by atoms with Gasteiger partial charge in [0.1, 0.15) is 0 Å². The van der Waals surface area contributed by atoms with Crippen LogP contribution in [0.2, 0.25) is 0 Å². The molecule has 82 valence electrons. The average Bonchev–Trinajstić information content (AvgIpc) is 2.15. The van der Waals surface area contributed by atoms with E-state index >= 15 is 0 Å². The Morgan fingerprint density at radius 1 is 1.31 bits per heavy atom. The maximum absolute atomic E-state index is 12.2. The van der Waals surface area contributed by atoms with Crippen molar-refractivity contribution in [1.29, 1.82) is 0 Å². The zero-order chi connectivity index (χ0) is 11.5. The minimum absolute atomic E-state index is 0. The molecule has 0 spiro atoms. The molecule has 0 heterocycles. The molecule has 0 N–H and O–H groups in total. The fourth-order valence-electron chi connectivity index (χ4n) is 1.26. The van der Waals surface area contributed by atoms with Crippen molar-refractivity contribution < 1.29 is 73.9 Å². The van der Waals surface area contributed by atoms with Crippen LogP contribution in [-0.2, 0) is 11.1 Å². The first kappa shape index (κ1) is 16.2. The van der Waals surface area contributed by atoms with E-state index in [1.807, 2.05) is 0 Å². The van der Waals surface area contributed by atoms with Crippen LogP contribution < -0.4 is 51.4 Å². The molecular weight excluding hydrogens is 247 g/mol. The number of rotatable bonds is 3. The number of benzene rings is 1. The van der Waals surface area contributed by atoms with Crippen molar-refractivity contribution in [2.75, 3.05) is 7.11 Å². The topological polar surface area (TPSA) is 26.3 Å². The fraction of sp³-hybridized carbons (Fsp3) is 0.222. The van der Waals surface area contributed by atoms with Crippen LogP contribution in [0.25, 0.3) is 0 Å². The first-order valence-electron chi connectivity index (χ1n) is 4.31. The molecule has 0 saturated heterocycles.